The Hall–Kier alpha value is -3.87. The van der Waals surface area contributed by atoms with E-state index in [0.717, 1.165) is 31.3 Å². The van der Waals surface area contributed by atoms with Crippen LogP contribution in [0.1, 0.15) is 59.3 Å². The Kier molecular flexibility index (Phi) is 8.55. The number of carbonyl (C=O) groups is 2. The SMILES string of the molecule is Cc1nn(-c2ccc(C(F)(F)F)nn2)c(C)c1C(=O)N1CC2CN(CCC(NC(=O)C(C)C)c3cccc(F)c3)C[C@H]2C1. The highest BCUT2D eigenvalue weighted by atomic mass is 19.4. The molecule has 0 bridgehead atoms. The van der Waals surface area contributed by atoms with Crippen LogP contribution in [0.25, 0.3) is 5.82 Å². The van der Waals surface area contributed by atoms with Crippen molar-refractivity contribution in [1.29, 1.82) is 0 Å². The first-order valence-corrected chi connectivity index (χ1v) is 14.4. The quantitative estimate of drug-likeness (QED) is 0.386. The summed E-state index contributed by atoms with van der Waals surface area (Å²) in [4.78, 5) is 30.2. The lowest BCUT2D eigenvalue weighted by atomic mass is 10.0. The molecule has 43 heavy (non-hydrogen) atoms. The summed E-state index contributed by atoms with van der Waals surface area (Å²) in [6.07, 6.45) is -3.97. The standard InChI is InChI=1S/C30H35F4N7O2/c1-17(2)28(42)35-24(20-6-5-7-23(31)12-20)10-11-39-13-21-15-40(16-22(21)14-39)29(43)27-18(3)38-41(19(27)4)26-9-8-25(36-37-26)30(32,33)34/h5-9,12,17,21-22,24H,10-11,13-16H2,1-4H3,(H,35,42)/t21-,22?,24?/m0/s1. The zero-order valence-corrected chi connectivity index (χ0v) is 24.5. The van der Waals surface area contributed by atoms with Gasteiger partial charge in [0.25, 0.3) is 5.91 Å². The highest BCUT2D eigenvalue weighted by molar-refractivity contribution is 5.96. The predicted octanol–water partition coefficient (Wildman–Crippen LogP) is 4.34. The molecule has 0 radical (unpaired) electrons. The average Bonchev–Trinajstić information content (AvgIpc) is 3.61. The average molecular weight is 602 g/mol. The monoisotopic (exact) mass is 601 g/mol. The minimum Gasteiger partial charge on any atom is -0.349 e. The van der Waals surface area contributed by atoms with E-state index in [1.165, 1.54) is 22.9 Å². The van der Waals surface area contributed by atoms with Crippen LogP contribution in [0.5, 0.6) is 0 Å². The van der Waals surface area contributed by atoms with Gasteiger partial charge in [0.15, 0.2) is 11.5 Å². The minimum absolute atomic E-state index is 0.0824. The summed E-state index contributed by atoms with van der Waals surface area (Å²) in [5, 5.41) is 14.4. The van der Waals surface area contributed by atoms with Gasteiger partial charge in [-0.25, -0.2) is 9.07 Å². The molecule has 0 aliphatic carbocycles. The minimum atomic E-state index is -4.60. The maximum absolute atomic E-state index is 13.9. The summed E-state index contributed by atoms with van der Waals surface area (Å²) < 4.78 is 54.0. The van der Waals surface area contributed by atoms with Gasteiger partial charge in [-0.15, -0.1) is 10.2 Å². The number of carbonyl (C=O) groups excluding carboxylic acids is 2. The number of benzene rings is 1. The van der Waals surface area contributed by atoms with E-state index in [4.69, 9.17) is 0 Å². The molecule has 5 rings (SSSR count). The van der Waals surface area contributed by atoms with Crippen molar-refractivity contribution in [2.24, 2.45) is 17.8 Å². The summed E-state index contributed by atoms with van der Waals surface area (Å²) >= 11 is 0. The molecule has 2 aromatic heterocycles. The maximum atomic E-state index is 13.9. The number of aromatic nitrogens is 4. The molecule has 2 saturated heterocycles. The molecule has 1 aromatic carbocycles. The lowest BCUT2D eigenvalue weighted by Crippen LogP contribution is -2.36. The van der Waals surface area contributed by atoms with Gasteiger partial charge < -0.3 is 15.1 Å². The Morgan fingerprint density at radius 1 is 1.02 bits per heavy atom. The molecule has 2 amide bonds. The van der Waals surface area contributed by atoms with Gasteiger partial charge in [-0.1, -0.05) is 26.0 Å². The van der Waals surface area contributed by atoms with Gasteiger partial charge in [0.1, 0.15) is 5.82 Å². The Labute approximate surface area is 247 Å². The van der Waals surface area contributed by atoms with E-state index in [0.29, 0.717) is 48.3 Å². The zero-order chi connectivity index (χ0) is 31.1. The highest BCUT2D eigenvalue weighted by Crippen LogP contribution is 2.34. The van der Waals surface area contributed by atoms with E-state index in [9.17, 15) is 27.2 Å². The van der Waals surface area contributed by atoms with Crippen LogP contribution in [-0.4, -0.2) is 74.3 Å². The van der Waals surface area contributed by atoms with Crippen LogP contribution in [0.3, 0.4) is 0 Å². The number of likely N-dealkylation sites (tertiary alicyclic amines) is 2. The number of amides is 2. The van der Waals surface area contributed by atoms with E-state index in [1.807, 2.05) is 24.8 Å². The molecule has 3 aromatic rings. The summed E-state index contributed by atoms with van der Waals surface area (Å²) in [6, 6.07) is 8.04. The number of nitrogens with one attached hydrogen (secondary N) is 1. The lowest BCUT2D eigenvalue weighted by Gasteiger charge is -2.25. The van der Waals surface area contributed by atoms with Gasteiger partial charge in [0.05, 0.1) is 23.0 Å². The number of rotatable bonds is 8. The number of hydrogen-bond donors (Lipinski definition) is 1. The van der Waals surface area contributed by atoms with Gasteiger partial charge in [0, 0.05) is 38.6 Å². The van der Waals surface area contributed by atoms with Crippen molar-refractivity contribution in [1.82, 2.24) is 35.1 Å². The number of aryl methyl sites for hydroxylation is 1. The number of alkyl halides is 3. The van der Waals surface area contributed by atoms with Crippen LogP contribution < -0.4 is 5.32 Å². The molecule has 2 aliphatic rings. The molecule has 4 heterocycles. The van der Waals surface area contributed by atoms with E-state index >= 15 is 0 Å². The fourth-order valence-electron chi connectivity index (χ4n) is 6.06. The Morgan fingerprint density at radius 3 is 2.30 bits per heavy atom. The first-order valence-electron chi connectivity index (χ1n) is 14.4. The molecule has 2 unspecified atom stereocenters. The van der Waals surface area contributed by atoms with Gasteiger partial charge in [0.2, 0.25) is 5.91 Å². The molecule has 9 nitrogen and oxygen atoms in total. The second-order valence-electron chi connectivity index (χ2n) is 11.8. The number of hydrogen-bond acceptors (Lipinski definition) is 6. The second kappa shape index (κ2) is 12.0. The third-order valence-electron chi connectivity index (χ3n) is 8.34. The van der Waals surface area contributed by atoms with Crippen LogP contribution in [0, 0.1) is 37.4 Å². The molecule has 0 spiro atoms. The van der Waals surface area contributed by atoms with Crippen molar-refractivity contribution in [3.05, 3.63) is 70.4 Å². The molecule has 3 atom stereocenters. The number of fused-ring (bicyclic) bond motifs is 1. The normalized spacial score (nSPS) is 19.6. The van der Waals surface area contributed by atoms with Crippen molar-refractivity contribution >= 4 is 11.8 Å². The van der Waals surface area contributed by atoms with Crippen molar-refractivity contribution in [2.75, 3.05) is 32.7 Å². The predicted molar refractivity (Wildman–Crippen MR) is 150 cm³/mol. The van der Waals surface area contributed by atoms with Gasteiger partial charge >= 0.3 is 6.18 Å². The fourth-order valence-corrected chi connectivity index (χ4v) is 6.06. The van der Waals surface area contributed by atoms with Crippen LogP contribution >= 0.6 is 0 Å². The molecule has 0 saturated carbocycles. The Morgan fingerprint density at radius 2 is 1.72 bits per heavy atom. The maximum Gasteiger partial charge on any atom is 0.435 e. The summed E-state index contributed by atoms with van der Waals surface area (Å²) in [5.41, 5.74) is 1.00. The lowest BCUT2D eigenvalue weighted by molar-refractivity contribution is -0.141. The van der Waals surface area contributed by atoms with Crippen LogP contribution in [-0.2, 0) is 11.0 Å². The van der Waals surface area contributed by atoms with Crippen LogP contribution in [0.15, 0.2) is 36.4 Å². The summed E-state index contributed by atoms with van der Waals surface area (Å²) in [6.45, 7) is 10.5. The van der Waals surface area contributed by atoms with E-state index in [1.54, 1.807) is 19.9 Å². The first-order chi connectivity index (χ1) is 20.3. The molecule has 1 N–H and O–H groups in total. The number of nitrogens with zero attached hydrogens (tertiary/aromatic N) is 6. The van der Waals surface area contributed by atoms with Gasteiger partial charge in [-0.3, -0.25) is 9.59 Å². The molecule has 2 aliphatic heterocycles. The van der Waals surface area contributed by atoms with Crippen LogP contribution in [0.4, 0.5) is 17.6 Å². The highest BCUT2D eigenvalue weighted by Gasteiger charge is 2.42. The number of halogens is 4. The van der Waals surface area contributed by atoms with Gasteiger partial charge in [-0.2, -0.15) is 18.3 Å². The van der Waals surface area contributed by atoms with Crippen molar-refractivity contribution < 1.29 is 27.2 Å². The van der Waals surface area contributed by atoms with Gasteiger partial charge in [-0.05, 0) is 61.9 Å². The third-order valence-corrected chi connectivity index (χ3v) is 8.34. The van der Waals surface area contributed by atoms with Crippen molar-refractivity contribution in [3.8, 4) is 5.82 Å². The largest absolute Gasteiger partial charge is 0.435 e. The molecule has 230 valence electrons. The first kappa shape index (κ1) is 30.6. The zero-order valence-electron chi connectivity index (χ0n) is 24.5. The topological polar surface area (TPSA) is 96.2 Å². The summed E-state index contributed by atoms with van der Waals surface area (Å²) in [7, 11) is 0. The third kappa shape index (κ3) is 6.56. The van der Waals surface area contributed by atoms with Crippen LogP contribution in [0.2, 0.25) is 0 Å². The molecule has 2 fully saturated rings. The van der Waals surface area contributed by atoms with E-state index < -0.39 is 11.9 Å². The summed E-state index contributed by atoms with van der Waals surface area (Å²) in [5.74, 6) is -0.0945. The van der Waals surface area contributed by atoms with E-state index in [2.05, 4.69) is 25.5 Å². The Balaban J connectivity index is 1.21. The fraction of sp³-hybridized carbons (Fsp3) is 0.500. The van der Waals surface area contributed by atoms with E-state index in [-0.39, 0.29) is 35.4 Å². The Bertz CT molecular complexity index is 1470. The van der Waals surface area contributed by atoms with Crippen molar-refractivity contribution in [2.45, 2.75) is 46.3 Å². The second-order valence-corrected chi connectivity index (χ2v) is 11.8. The van der Waals surface area contributed by atoms with Crippen molar-refractivity contribution in [3.63, 3.8) is 0 Å². The molecular formula is C30H35F4N7O2. The molecular weight excluding hydrogens is 566 g/mol. The smallest absolute Gasteiger partial charge is 0.349 e. The molecule has 13 heteroatoms.